The molecule has 1 aromatic heterocycles. The minimum Gasteiger partial charge on any atom is -0.478 e. The van der Waals surface area contributed by atoms with E-state index in [1.54, 1.807) is 6.07 Å². The number of carboxylic acids is 1. The number of carbonyl (C=O) groups excluding carboxylic acids is 1. The Kier molecular flexibility index (Phi) is 3.63. The first-order valence-electron chi connectivity index (χ1n) is 5.27. The van der Waals surface area contributed by atoms with Gasteiger partial charge in [0.25, 0.3) is 0 Å². The van der Waals surface area contributed by atoms with Crippen LogP contribution in [-0.4, -0.2) is 33.8 Å². The number of hydrogen-bond donors (Lipinski definition) is 2. The molecule has 1 amide bonds. The standard InChI is InChI=1S/C11H12N2O3S/c14-9(13-7-3-4-7)6-17-10-8(11(15)16)2-1-5-12-10/h1-2,5,7H,3-4,6H2,(H,13,14)(H,15,16). The number of carboxylic acid groups (broad SMARTS) is 1. The first kappa shape index (κ1) is 11.9. The second kappa shape index (κ2) is 5.18. The molecule has 0 atom stereocenters. The van der Waals surface area contributed by atoms with Gasteiger partial charge in [-0.1, -0.05) is 11.8 Å². The highest BCUT2D eigenvalue weighted by Crippen LogP contribution is 2.21. The van der Waals surface area contributed by atoms with Gasteiger partial charge in [-0.2, -0.15) is 0 Å². The number of nitrogens with zero attached hydrogens (tertiary/aromatic N) is 1. The van der Waals surface area contributed by atoms with Crippen LogP contribution < -0.4 is 5.32 Å². The Balaban J connectivity index is 1.93. The van der Waals surface area contributed by atoms with Crippen LogP contribution >= 0.6 is 11.8 Å². The smallest absolute Gasteiger partial charge is 0.338 e. The molecule has 0 unspecified atom stereocenters. The lowest BCUT2D eigenvalue weighted by Crippen LogP contribution is -2.27. The van der Waals surface area contributed by atoms with Crippen LogP contribution in [0.5, 0.6) is 0 Å². The van der Waals surface area contributed by atoms with Gasteiger partial charge >= 0.3 is 5.97 Å². The van der Waals surface area contributed by atoms with Crippen LogP contribution in [0.15, 0.2) is 23.4 Å². The van der Waals surface area contributed by atoms with Gasteiger partial charge in [-0.25, -0.2) is 9.78 Å². The third kappa shape index (κ3) is 3.45. The summed E-state index contributed by atoms with van der Waals surface area (Å²) in [5.41, 5.74) is 0.136. The van der Waals surface area contributed by atoms with E-state index in [1.807, 2.05) is 0 Å². The number of nitrogens with one attached hydrogen (secondary N) is 1. The first-order chi connectivity index (χ1) is 8.16. The zero-order chi connectivity index (χ0) is 12.3. The molecular weight excluding hydrogens is 240 g/mol. The highest BCUT2D eigenvalue weighted by molar-refractivity contribution is 8.00. The first-order valence-corrected chi connectivity index (χ1v) is 6.26. The van der Waals surface area contributed by atoms with Crippen molar-refractivity contribution in [2.75, 3.05) is 5.75 Å². The van der Waals surface area contributed by atoms with Crippen molar-refractivity contribution < 1.29 is 14.7 Å². The van der Waals surface area contributed by atoms with Crippen molar-refractivity contribution in [3.63, 3.8) is 0 Å². The number of hydrogen-bond acceptors (Lipinski definition) is 4. The maximum atomic E-state index is 11.4. The van der Waals surface area contributed by atoms with Crippen LogP contribution in [-0.2, 0) is 4.79 Å². The number of aromatic nitrogens is 1. The van der Waals surface area contributed by atoms with E-state index < -0.39 is 5.97 Å². The van der Waals surface area contributed by atoms with Crippen molar-refractivity contribution in [2.24, 2.45) is 0 Å². The molecule has 2 N–H and O–H groups in total. The van der Waals surface area contributed by atoms with E-state index in [-0.39, 0.29) is 17.2 Å². The number of carbonyl (C=O) groups is 2. The fourth-order valence-corrected chi connectivity index (χ4v) is 2.10. The highest BCUT2D eigenvalue weighted by atomic mass is 32.2. The van der Waals surface area contributed by atoms with Crippen LogP contribution in [0.25, 0.3) is 0 Å². The summed E-state index contributed by atoms with van der Waals surface area (Å²) in [6.07, 6.45) is 3.61. The lowest BCUT2D eigenvalue weighted by atomic mass is 10.3. The van der Waals surface area contributed by atoms with Crippen LogP contribution in [0, 0.1) is 0 Å². The van der Waals surface area contributed by atoms with Gasteiger partial charge in [-0.15, -0.1) is 0 Å². The SMILES string of the molecule is O=C(CSc1ncccc1C(=O)O)NC1CC1. The molecule has 2 rings (SSSR count). The fraction of sp³-hybridized carbons (Fsp3) is 0.364. The van der Waals surface area contributed by atoms with E-state index >= 15 is 0 Å². The Hall–Kier alpha value is -1.56. The Bertz CT molecular complexity index is 446. The van der Waals surface area contributed by atoms with Crippen molar-refractivity contribution in [3.8, 4) is 0 Å². The van der Waals surface area contributed by atoms with Crippen LogP contribution in [0.2, 0.25) is 0 Å². The van der Waals surface area contributed by atoms with Gasteiger partial charge in [0.1, 0.15) is 5.03 Å². The van der Waals surface area contributed by atoms with E-state index in [0.717, 1.165) is 24.6 Å². The van der Waals surface area contributed by atoms with E-state index in [0.29, 0.717) is 11.1 Å². The van der Waals surface area contributed by atoms with E-state index in [9.17, 15) is 9.59 Å². The molecule has 0 saturated heterocycles. The van der Waals surface area contributed by atoms with Crippen molar-refractivity contribution in [1.29, 1.82) is 0 Å². The predicted molar refractivity (Wildman–Crippen MR) is 63.1 cm³/mol. The second-order valence-corrected chi connectivity index (χ2v) is 4.76. The molecule has 5 nitrogen and oxygen atoms in total. The number of amides is 1. The van der Waals surface area contributed by atoms with Crippen molar-refractivity contribution in [2.45, 2.75) is 23.9 Å². The Labute approximate surface area is 103 Å². The molecule has 0 radical (unpaired) electrons. The zero-order valence-electron chi connectivity index (χ0n) is 9.05. The molecule has 0 bridgehead atoms. The van der Waals surface area contributed by atoms with E-state index in [4.69, 9.17) is 5.11 Å². The summed E-state index contributed by atoms with van der Waals surface area (Å²) in [5.74, 6) is -0.893. The summed E-state index contributed by atoms with van der Waals surface area (Å²) < 4.78 is 0. The minimum absolute atomic E-state index is 0.0699. The Morgan fingerprint density at radius 3 is 2.94 bits per heavy atom. The summed E-state index contributed by atoms with van der Waals surface area (Å²) >= 11 is 1.15. The Morgan fingerprint density at radius 1 is 1.53 bits per heavy atom. The number of pyridine rings is 1. The monoisotopic (exact) mass is 252 g/mol. The molecule has 1 aliphatic rings. The predicted octanol–water partition coefficient (Wildman–Crippen LogP) is 1.15. The molecule has 6 heteroatoms. The third-order valence-corrected chi connectivity index (χ3v) is 3.29. The van der Waals surface area contributed by atoms with Crippen molar-refractivity contribution >= 4 is 23.6 Å². The molecule has 0 aromatic carbocycles. The molecule has 1 heterocycles. The van der Waals surface area contributed by atoms with Gasteiger partial charge in [-0.05, 0) is 25.0 Å². The second-order valence-electron chi connectivity index (χ2n) is 3.79. The molecule has 90 valence electrons. The molecule has 1 fully saturated rings. The average molecular weight is 252 g/mol. The molecule has 0 aliphatic heterocycles. The quantitative estimate of drug-likeness (QED) is 0.768. The zero-order valence-corrected chi connectivity index (χ0v) is 9.87. The van der Waals surface area contributed by atoms with Crippen LogP contribution in [0.4, 0.5) is 0 Å². The van der Waals surface area contributed by atoms with Crippen LogP contribution in [0.3, 0.4) is 0 Å². The summed E-state index contributed by atoms with van der Waals surface area (Å²) in [5, 5.41) is 12.2. The van der Waals surface area contributed by atoms with Crippen molar-refractivity contribution in [3.05, 3.63) is 23.9 Å². The molecule has 1 saturated carbocycles. The van der Waals surface area contributed by atoms with Gasteiger partial charge < -0.3 is 10.4 Å². The van der Waals surface area contributed by atoms with Crippen molar-refractivity contribution in [1.82, 2.24) is 10.3 Å². The van der Waals surface area contributed by atoms with Gasteiger partial charge in [-0.3, -0.25) is 4.79 Å². The summed E-state index contributed by atoms with van der Waals surface area (Å²) in [7, 11) is 0. The lowest BCUT2D eigenvalue weighted by Gasteiger charge is -2.04. The normalized spacial score (nSPS) is 14.4. The average Bonchev–Trinajstić information content (AvgIpc) is 3.10. The maximum absolute atomic E-state index is 11.4. The van der Waals surface area contributed by atoms with E-state index in [1.165, 1.54) is 12.3 Å². The summed E-state index contributed by atoms with van der Waals surface area (Å²) in [6, 6.07) is 3.37. The van der Waals surface area contributed by atoms with Gasteiger partial charge in [0.15, 0.2) is 0 Å². The molecular formula is C11H12N2O3S. The molecule has 0 spiro atoms. The summed E-state index contributed by atoms with van der Waals surface area (Å²) in [4.78, 5) is 26.3. The largest absolute Gasteiger partial charge is 0.478 e. The van der Waals surface area contributed by atoms with Gasteiger partial charge in [0, 0.05) is 12.2 Å². The van der Waals surface area contributed by atoms with E-state index in [2.05, 4.69) is 10.3 Å². The fourth-order valence-electron chi connectivity index (χ4n) is 1.30. The lowest BCUT2D eigenvalue weighted by molar-refractivity contribution is -0.118. The minimum atomic E-state index is -1.02. The number of rotatable bonds is 5. The van der Waals surface area contributed by atoms with Crippen LogP contribution in [0.1, 0.15) is 23.2 Å². The summed E-state index contributed by atoms with van der Waals surface area (Å²) in [6.45, 7) is 0. The molecule has 1 aromatic rings. The third-order valence-electron chi connectivity index (χ3n) is 2.28. The van der Waals surface area contributed by atoms with Gasteiger partial charge in [0.05, 0.1) is 11.3 Å². The topological polar surface area (TPSA) is 79.3 Å². The number of thioether (sulfide) groups is 1. The van der Waals surface area contributed by atoms with Gasteiger partial charge in [0.2, 0.25) is 5.91 Å². The molecule has 1 aliphatic carbocycles. The molecule has 17 heavy (non-hydrogen) atoms. The maximum Gasteiger partial charge on any atom is 0.338 e. The Morgan fingerprint density at radius 2 is 2.29 bits per heavy atom. The highest BCUT2D eigenvalue weighted by Gasteiger charge is 2.23. The number of aromatic carboxylic acids is 1.